The second-order valence-corrected chi connectivity index (χ2v) is 6.60. The number of hydrogen-bond donors (Lipinski definition) is 2. The van der Waals surface area contributed by atoms with Crippen molar-refractivity contribution in [2.24, 2.45) is 11.3 Å². The van der Waals surface area contributed by atoms with Crippen LogP contribution < -0.4 is 0 Å². The third-order valence-electron chi connectivity index (χ3n) is 4.72. The molecule has 0 aromatic rings. The zero-order valence-corrected chi connectivity index (χ0v) is 10.9. The molecule has 0 aliphatic carbocycles. The maximum atomic E-state index is 11.5. The summed E-state index contributed by atoms with van der Waals surface area (Å²) in [4.78, 5) is 13.0. The van der Waals surface area contributed by atoms with Crippen LogP contribution in [0.4, 0.5) is 4.79 Å². The van der Waals surface area contributed by atoms with E-state index in [4.69, 9.17) is 0 Å². The summed E-state index contributed by atoms with van der Waals surface area (Å²) in [7, 11) is 0. The van der Waals surface area contributed by atoms with Gasteiger partial charge in [-0.1, -0.05) is 20.8 Å². The Kier molecular flexibility index (Phi) is 2.89. The number of hydrogen-bond acceptors (Lipinski definition) is 2. The summed E-state index contributed by atoms with van der Waals surface area (Å²) < 4.78 is 0. The minimum absolute atomic E-state index is 0.0335. The summed E-state index contributed by atoms with van der Waals surface area (Å²) in [5.74, 6) is 0.245. The summed E-state index contributed by atoms with van der Waals surface area (Å²) >= 11 is 0. The Morgan fingerprint density at radius 1 is 1.35 bits per heavy atom. The lowest BCUT2D eigenvalue weighted by molar-refractivity contribution is -0.0591. The predicted molar refractivity (Wildman–Crippen MR) is 64.9 cm³/mol. The molecule has 3 atom stereocenters. The number of piperidine rings is 1. The van der Waals surface area contributed by atoms with E-state index in [2.05, 4.69) is 20.8 Å². The quantitative estimate of drug-likeness (QED) is 0.740. The van der Waals surface area contributed by atoms with Gasteiger partial charge < -0.3 is 10.2 Å². The molecule has 0 aromatic heterocycles. The fourth-order valence-electron chi connectivity index (χ4n) is 4.12. The molecule has 98 valence electrons. The molecule has 4 heteroatoms. The molecule has 2 fully saturated rings. The molecule has 17 heavy (non-hydrogen) atoms. The van der Waals surface area contributed by atoms with Crippen LogP contribution in [0.3, 0.4) is 0 Å². The van der Waals surface area contributed by atoms with Gasteiger partial charge in [-0.3, -0.25) is 4.90 Å². The molecular weight excluding hydrogens is 218 g/mol. The van der Waals surface area contributed by atoms with E-state index in [-0.39, 0.29) is 24.0 Å². The molecule has 2 bridgehead atoms. The zero-order chi connectivity index (χ0) is 12.8. The Hall–Kier alpha value is -0.770. The van der Waals surface area contributed by atoms with Gasteiger partial charge in [-0.05, 0) is 37.0 Å². The Labute approximate surface area is 103 Å². The van der Waals surface area contributed by atoms with Crippen molar-refractivity contribution in [2.45, 2.75) is 58.0 Å². The molecule has 2 aliphatic heterocycles. The van der Waals surface area contributed by atoms with Crippen molar-refractivity contribution in [1.29, 1.82) is 0 Å². The number of carboxylic acid groups (broad SMARTS) is 1. The second kappa shape index (κ2) is 3.87. The van der Waals surface area contributed by atoms with Gasteiger partial charge in [-0.2, -0.15) is 0 Å². The molecule has 0 radical (unpaired) electrons. The Bertz CT molecular complexity index is 323. The SMILES string of the molecule is CC(C)(C)C1CCC2CCC1(CO)N2C(=O)O. The summed E-state index contributed by atoms with van der Waals surface area (Å²) in [5, 5.41) is 19.2. The highest BCUT2D eigenvalue weighted by Crippen LogP contribution is 2.53. The number of amides is 1. The molecule has 0 aromatic carbocycles. The van der Waals surface area contributed by atoms with Crippen LogP contribution in [0.1, 0.15) is 46.5 Å². The zero-order valence-electron chi connectivity index (χ0n) is 10.9. The monoisotopic (exact) mass is 241 g/mol. The lowest BCUT2D eigenvalue weighted by Gasteiger charge is -2.52. The number of aliphatic hydroxyl groups excluding tert-OH is 1. The van der Waals surface area contributed by atoms with Crippen LogP contribution in [0.5, 0.6) is 0 Å². The van der Waals surface area contributed by atoms with Gasteiger partial charge in [0.2, 0.25) is 0 Å². The third-order valence-corrected chi connectivity index (χ3v) is 4.72. The smallest absolute Gasteiger partial charge is 0.408 e. The van der Waals surface area contributed by atoms with Gasteiger partial charge in [0.05, 0.1) is 12.1 Å². The van der Waals surface area contributed by atoms with Gasteiger partial charge >= 0.3 is 6.09 Å². The summed E-state index contributed by atoms with van der Waals surface area (Å²) in [5.41, 5.74) is -0.501. The van der Waals surface area contributed by atoms with Crippen LogP contribution in [0.15, 0.2) is 0 Å². The van der Waals surface area contributed by atoms with Crippen molar-refractivity contribution in [3.8, 4) is 0 Å². The number of aliphatic hydroxyl groups is 1. The second-order valence-electron chi connectivity index (χ2n) is 6.60. The maximum Gasteiger partial charge on any atom is 0.408 e. The highest BCUT2D eigenvalue weighted by Gasteiger charge is 2.58. The van der Waals surface area contributed by atoms with E-state index in [0.29, 0.717) is 0 Å². The van der Waals surface area contributed by atoms with Gasteiger partial charge in [0, 0.05) is 6.04 Å². The van der Waals surface area contributed by atoms with Crippen LogP contribution >= 0.6 is 0 Å². The first-order valence-corrected chi connectivity index (χ1v) is 6.46. The van der Waals surface area contributed by atoms with Crippen molar-refractivity contribution in [1.82, 2.24) is 4.90 Å². The summed E-state index contributed by atoms with van der Waals surface area (Å²) in [6.45, 7) is 6.40. The molecule has 0 spiro atoms. The van der Waals surface area contributed by atoms with Crippen LogP contribution in [-0.4, -0.2) is 39.4 Å². The van der Waals surface area contributed by atoms with Crippen molar-refractivity contribution < 1.29 is 15.0 Å². The van der Waals surface area contributed by atoms with E-state index in [0.717, 1.165) is 25.7 Å². The normalized spacial score (nSPS) is 37.3. The third kappa shape index (κ3) is 1.73. The first-order chi connectivity index (χ1) is 7.83. The van der Waals surface area contributed by atoms with Crippen molar-refractivity contribution in [3.05, 3.63) is 0 Å². The number of nitrogens with zero attached hydrogens (tertiary/aromatic N) is 1. The average Bonchev–Trinajstić information content (AvgIpc) is 2.47. The lowest BCUT2D eigenvalue weighted by atomic mass is 9.65. The standard InChI is InChI=1S/C13H23NO3/c1-12(2,3)10-5-4-9-6-7-13(10,8-15)14(9)11(16)17/h9-10,15H,4-8H2,1-3H3,(H,16,17). The van der Waals surface area contributed by atoms with Crippen LogP contribution in [0, 0.1) is 11.3 Å². The van der Waals surface area contributed by atoms with Crippen molar-refractivity contribution >= 4 is 6.09 Å². The number of carbonyl (C=O) groups is 1. The van der Waals surface area contributed by atoms with E-state index in [1.165, 1.54) is 0 Å². The van der Waals surface area contributed by atoms with Crippen LogP contribution in [0.25, 0.3) is 0 Å². The highest BCUT2D eigenvalue weighted by molar-refractivity contribution is 5.67. The van der Waals surface area contributed by atoms with Crippen LogP contribution in [-0.2, 0) is 0 Å². The largest absolute Gasteiger partial charge is 0.465 e. The molecule has 3 unspecified atom stereocenters. The number of fused-ring (bicyclic) bond motifs is 2. The van der Waals surface area contributed by atoms with Gasteiger partial charge in [-0.25, -0.2) is 4.79 Å². The Balaban J connectivity index is 2.41. The first-order valence-electron chi connectivity index (χ1n) is 6.46. The summed E-state index contributed by atoms with van der Waals surface area (Å²) in [6.07, 6.45) is 2.81. The molecule has 1 amide bonds. The average molecular weight is 241 g/mol. The lowest BCUT2D eigenvalue weighted by Crippen LogP contribution is -2.62. The topological polar surface area (TPSA) is 60.8 Å². The molecule has 2 heterocycles. The Morgan fingerprint density at radius 2 is 2.00 bits per heavy atom. The molecule has 2 N–H and O–H groups in total. The first kappa shape index (κ1) is 12.7. The molecule has 4 nitrogen and oxygen atoms in total. The molecule has 2 saturated heterocycles. The van der Waals surface area contributed by atoms with Crippen molar-refractivity contribution in [2.75, 3.05) is 6.61 Å². The molecule has 2 rings (SSSR count). The maximum absolute atomic E-state index is 11.5. The Morgan fingerprint density at radius 3 is 2.47 bits per heavy atom. The van der Waals surface area contributed by atoms with E-state index in [1.54, 1.807) is 4.90 Å². The predicted octanol–water partition coefficient (Wildman–Crippen LogP) is 2.32. The van der Waals surface area contributed by atoms with E-state index in [1.807, 2.05) is 0 Å². The number of rotatable bonds is 1. The molecular formula is C13H23NO3. The minimum atomic E-state index is -0.865. The van der Waals surface area contributed by atoms with Gasteiger partial charge in [0.25, 0.3) is 0 Å². The van der Waals surface area contributed by atoms with Crippen LogP contribution in [0.2, 0.25) is 0 Å². The van der Waals surface area contributed by atoms with Gasteiger partial charge in [-0.15, -0.1) is 0 Å². The van der Waals surface area contributed by atoms with E-state index in [9.17, 15) is 15.0 Å². The minimum Gasteiger partial charge on any atom is -0.465 e. The van der Waals surface area contributed by atoms with Gasteiger partial charge in [0.15, 0.2) is 0 Å². The summed E-state index contributed by atoms with van der Waals surface area (Å²) in [6, 6.07) is 0.123. The van der Waals surface area contributed by atoms with Gasteiger partial charge in [0.1, 0.15) is 0 Å². The molecule has 2 aliphatic rings. The van der Waals surface area contributed by atoms with E-state index >= 15 is 0 Å². The highest BCUT2D eigenvalue weighted by atomic mass is 16.4. The molecule has 0 saturated carbocycles. The fourth-order valence-corrected chi connectivity index (χ4v) is 4.12. The van der Waals surface area contributed by atoms with Crippen molar-refractivity contribution in [3.63, 3.8) is 0 Å². The fraction of sp³-hybridized carbons (Fsp3) is 0.923. The van der Waals surface area contributed by atoms with E-state index < -0.39 is 11.6 Å².